The van der Waals surface area contributed by atoms with Gasteiger partial charge >= 0.3 is 6.18 Å². The number of thiazole rings is 1. The molecule has 0 saturated carbocycles. The summed E-state index contributed by atoms with van der Waals surface area (Å²) in [6.07, 6.45) is 1.38. The van der Waals surface area contributed by atoms with E-state index in [9.17, 15) is 22.4 Å². The van der Waals surface area contributed by atoms with Crippen molar-refractivity contribution in [2.24, 2.45) is 5.73 Å². The van der Waals surface area contributed by atoms with Crippen LogP contribution in [0, 0.1) is 5.13 Å². The van der Waals surface area contributed by atoms with Gasteiger partial charge in [0.1, 0.15) is 16.3 Å². The first-order valence-corrected chi connectivity index (χ1v) is 12.6. The lowest BCUT2D eigenvalue weighted by molar-refractivity contribution is -0.138. The lowest BCUT2D eigenvalue weighted by Crippen LogP contribution is -2.10. The predicted octanol–water partition coefficient (Wildman–Crippen LogP) is 7.61. The van der Waals surface area contributed by atoms with E-state index in [-0.39, 0.29) is 39.3 Å². The third-order valence-electron chi connectivity index (χ3n) is 5.02. The number of hydrogen-bond acceptors (Lipinski definition) is 6. The van der Waals surface area contributed by atoms with E-state index in [4.69, 9.17) is 10.5 Å². The number of rotatable bonds is 12. The molecule has 2 aromatic heterocycles. The summed E-state index contributed by atoms with van der Waals surface area (Å²) in [7, 11) is 0. The van der Waals surface area contributed by atoms with Crippen molar-refractivity contribution < 1.29 is 27.1 Å². The summed E-state index contributed by atoms with van der Waals surface area (Å²) in [5.41, 5.74) is 4.63. The highest BCUT2D eigenvalue weighted by Gasteiger charge is 2.35. The molecule has 0 saturated heterocycles. The van der Waals surface area contributed by atoms with Gasteiger partial charge in [0.05, 0.1) is 12.2 Å². The van der Waals surface area contributed by atoms with Crippen molar-refractivity contribution in [2.45, 2.75) is 51.6 Å². The second-order valence-corrected chi connectivity index (χ2v) is 9.48. The number of anilines is 2. The molecule has 3 rings (SSSR count). The lowest BCUT2D eigenvalue weighted by Gasteiger charge is -2.15. The van der Waals surface area contributed by atoms with Crippen LogP contribution in [-0.2, 0) is 6.18 Å². The van der Waals surface area contributed by atoms with Gasteiger partial charge in [-0.15, -0.1) is 11.3 Å². The zero-order chi connectivity index (χ0) is 24.7. The van der Waals surface area contributed by atoms with Gasteiger partial charge in [-0.25, -0.2) is 4.98 Å². The second-order valence-electron chi connectivity index (χ2n) is 7.62. The van der Waals surface area contributed by atoms with Crippen LogP contribution in [-0.4, -0.2) is 17.5 Å². The number of carbonyl (C=O) groups is 1. The lowest BCUT2D eigenvalue weighted by atomic mass is 10.1. The molecular formula is C23H25F4N3O2S2. The van der Waals surface area contributed by atoms with E-state index in [0.717, 1.165) is 49.5 Å². The molecule has 0 unspecified atom stereocenters. The molecule has 0 radical (unpaired) electrons. The van der Waals surface area contributed by atoms with E-state index in [2.05, 4.69) is 17.2 Å². The molecule has 5 nitrogen and oxygen atoms in total. The number of primary amides is 1. The highest BCUT2D eigenvalue weighted by Crippen LogP contribution is 2.40. The van der Waals surface area contributed by atoms with Crippen molar-refractivity contribution in [3.63, 3.8) is 0 Å². The summed E-state index contributed by atoms with van der Waals surface area (Å²) in [5, 5.41) is 3.66. The quantitative estimate of drug-likeness (QED) is 0.192. The number of unbranched alkanes of at least 4 members (excludes halogenated alkanes) is 5. The fraction of sp³-hybridized carbons (Fsp3) is 0.391. The van der Waals surface area contributed by atoms with Gasteiger partial charge in [0, 0.05) is 11.3 Å². The van der Waals surface area contributed by atoms with Crippen molar-refractivity contribution in [3.05, 3.63) is 45.2 Å². The smallest absolute Gasteiger partial charge is 0.420 e. The Balaban J connectivity index is 1.72. The van der Waals surface area contributed by atoms with Gasteiger partial charge in [0.25, 0.3) is 5.91 Å². The van der Waals surface area contributed by atoms with E-state index in [0.29, 0.717) is 17.8 Å². The number of amides is 1. The van der Waals surface area contributed by atoms with Crippen molar-refractivity contribution in [2.75, 3.05) is 11.9 Å². The first-order valence-electron chi connectivity index (χ1n) is 10.9. The Hall–Kier alpha value is -2.66. The molecule has 0 bridgehead atoms. The number of aromatic nitrogens is 1. The largest absolute Gasteiger partial charge is 0.493 e. The van der Waals surface area contributed by atoms with Crippen molar-refractivity contribution in [1.82, 2.24) is 4.98 Å². The van der Waals surface area contributed by atoms with Crippen LogP contribution in [0.15, 0.2) is 29.6 Å². The summed E-state index contributed by atoms with van der Waals surface area (Å²) >= 11 is 1.68. The van der Waals surface area contributed by atoms with E-state index in [1.165, 1.54) is 18.2 Å². The summed E-state index contributed by atoms with van der Waals surface area (Å²) in [4.78, 5) is 15.8. The maximum atomic E-state index is 14.5. The molecule has 0 aliphatic carbocycles. The van der Waals surface area contributed by atoms with Crippen LogP contribution in [0.5, 0.6) is 5.75 Å². The van der Waals surface area contributed by atoms with Crippen LogP contribution in [0.1, 0.15) is 60.7 Å². The average Bonchev–Trinajstić information content (AvgIpc) is 3.39. The Morgan fingerprint density at radius 1 is 1.15 bits per heavy atom. The van der Waals surface area contributed by atoms with Gasteiger partial charge in [-0.3, -0.25) is 4.79 Å². The molecule has 1 amide bonds. The molecule has 0 aliphatic rings. The van der Waals surface area contributed by atoms with Crippen LogP contribution in [0.4, 0.5) is 28.4 Å². The van der Waals surface area contributed by atoms with E-state index in [1.54, 1.807) is 5.38 Å². The molecule has 34 heavy (non-hydrogen) atoms. The zero-order valence-electron chi connectivity index (χ0n) is 18.5. The van der Waals surface area contributed by atoms with Crippen LogP contribution in [0.2, 0.25) is 0 Å². The Kier molecular flexibility index (Phi) is 8.90. The maximum Gasteiger partial charge on any atom is 0.420 e. The Bertz CT molecular complexity index is 1110. The number of halogens is 4. The van der Waals surface area contributed by atoms with Gasteiger partial charge in [0.15, 0.2) is 5.13 Å². The number of carbonyl (C=O) groups excluding carboxylic acids is 1. The third-order valence-corrected chi connectivity index (χ3v) is 6.71. The Morgan fingerprint density at radius 2 is 1.88 bits per heavy atom. The number of nitrogens with two attached hydrogens (primary N) is 1. The molecule has 0 aliphatic heterocycles. The first kappa shape index (κ1) is 26.0. The zero-order valence-corrected chi connectivity index (χ0v) is 20.1. The van der Waals surface area contributed by atoms with E-state index < -0.39 is 22.8 Å². The van der Waals surface area contributed by atoms with Crippen molar-refractivity contribution in [1.29, 1.82) is 0 Å². The number of benzene rings is 1. The minimum absolute atomic E-state index is 0.0444. The predicted molar refractivity (Wildman–Crippen MR) is 128 cm³/mol. The fourth-order valence-electron chi connectivity index (χ4n) is 3.35. The van der Waals surface area contributed by atoms with Gasteiger partial charge in [-0.05, 0) is 36.1 Å². The second kappa shape index (κ2) is 11.7. The molecular weight excluding hydrogens is 490 g/mol. The van der Waals surface area contributed by atoms with Crippen LogP contribution < -0.4 is 15.8 Å². The summed E-state index contributed by atoms with van der Waals surface area (Å²) in [6, 6.07) is 5.10. The minimum Gasteiger partial charge on any atom is -0.493 e. The standard InChI is InChI=1S/C23H25F4N3O2S2/c1-2-3-4-5-6-7-11-32-17-9-8-14(13-16(17)23(25,26)27)29-22-30-18(20(24)34-22)15-10-12-33-19(15)21(28)31/h8-10,12-13H,2-7,11H2,1H3,(H2,28,31)(H,29,30). The topological polar surface area (TPSA) is 77.2 Å². The summed E-state index contributed by atoms with van der Waals surface area (Å²) in [5.74, 6) is -0.958. The molecule has 184 valence electrons. The number of nitrogens with one attached hydrogen (secondary N) is 1. The highest BCUT2D eigenvalue weighted by molar-refractivity contribution is 7.14. The number of thiophene rings is 1. The Morgan fingerprint density at radius 3 is 2.59 bits per heavy atom. The minimum atomic E-state index is -4.62. The van der Waals surface area contributed by atoms with Crippen LogP contribution in [0.3, 0.4) is 0 Å². The monoisotopic (exact) mass is 515 g/mol. The van der Waals surface area contributed by atoms with E-state index in [1.807, 2.05) is 0 Å². The molecule has 3 aromatic rings. The molecule has 11 heteroatoms. The van der Waals surface area contributed by atoms with Gasteiger partial charge in [-0.1, -0.05) is 50.4 Å². The normalized spacial score (nSPS) is 11.6. The molecule has 2 heterocycles. The van der Waals surface area contributed by atoms with Gasteiger partial charge in [-0.2, -0.15) is 17.6 Å². The molecule has 3 N–H and O–H groups in total. The van der Waals surface area contributed by atoms with Gasteiger partial charge in [0.2, 0.25) is 5.13 Å². The van der Waals surface area contributed by atoms with Crippen molar-refractivity contribution >= 4 is 39.4 Å². The average molecular weight is 516 g/mol. The van der Waals surface area contributed by atoms with E-state index >= 15 is 0 Å². The molecule has 0 spiro atoms. The molecule has 0 atom stereocenters. The SMILES string of the molecule is CCCCCCCCOc1ccc(Nc2nc(-c3ccsc3C(N)=O)c(F)s2)cc1C(F)(F)F. The van der Waals surface area contributed by atoms with Crippen molar-refractivity contribution in [3.8, 4) is 17.0 Å². The highest BCUT2D eigenvalue weighted by atomic mass is 32.1. The first-order chi connectivity index (χ1) is 16.2. The van der Waals surface area contributed by atoms with Crippen LogP contribution in [0.25, 0.3) is 11.3 Å². The molecule has 1 aromatic carbocycles. The fourth-order valence-corrected chi connectivity index (χ4v) is 4.83. The third kappa shape index (κ3) is 6.69. The Labute approximate surface area is 203 Å². The summed E-state index contributed by atoms with van der Waals surface area (Å²) in [6.45, 7) is 2.32. The maximum absolute atomic E-state index is 14.5. The molecule has 0 fully saturated rings. The number of ether oxygens (including phenoxy) is 1. The van der Waals surface area contributed by atoms with Gasteiger partial charge < -0.3 is 15.8 Å². The number of alkyl halides is 3. The van der Waals surface area contributed by atoms with Crippen LogP contribution >= 0.6 is 22.7 Å². The number of nitrogens with zero attached hydrogens (tertiary/aromatic N) is 1. The summed E-state index contributed by atoms with van der Waals surface area (Å²) < 4.78 is 60.8. The number of hydrogen-bond donors (Lipinski definition) is 2.